The molecular weight excluding hydrogens is 340 g/mol. The van der Waals surface area contributed by atoms with Crippen LogP contribution in [-0.4, -0.2) is 30.6 Å². The van der Waals surface area contributed by atoms with Crippen molar-refractivity contribution in [1.82, 2.24) is 0 Å². The molecule has 0 fully saturated rings. The van der Waals surface area contributed by atoms with Gasteiger partial charge in [0, 0.05) is 10.4 Å². The van der Waals surface area contributed by atoms with Crippen LogP contribution >= 0.6 is 0 Å². The number of quaternary nitrogens is 2. The van der Waals surface area contributed by atoms with Gasteiger partial charge in [-0.15, -0.1) is 0 Å². The van der Waals surface area contributed by atoms with Gasteiger partial charge in [-0.25, -0.2) is 0 Å². The van der Waals surface area contributed by atoms with E-state index in [1.807, 2.05) is 0 Å². The van der Waals surface area contributed by atoms with E-state index in [-0.39, 0.29) is 0 Å². The second-order valence-corrected chi connectivity index (χ2v) is 7.17. The highest BCUT2D eigenvalue weighted by Gasteiger charge is 1.89. The van der Waals surface area contributed by atoms with Gasteiger partial charge in [0.25, 0.3) is 0 Å². The third kappa shape index (κ3) is 59.4. The van der Waals surface area contributed by atoms with Gasteiger partial charge in [-0.1, -0.05) is 78.1 Å². The van der Waals surface area contributed by atoms with Crippen LogP contribution in [0.3, 0.4) is 0 Å². The van der Waals surface area contributed by atoms with E-state index >= 15 is 0 Å². The SMILES string of the molecule is CCCCCCCCC[NH3+].CCCCCCCCC[NH3+].O=S(=O)([O-])[O-]. The molecule has 0 unspecified atom stereocenters. The highest BCUT2D eigenvalue weighted by molar-refractivity contribution is 7.79. The summed E-state index contributed by atoms with van der Waals surface area (Å²) in [6, 6.07) is 0. The predicted molar refractivity (Wildman–Crippen MR) is 102 cm³/mol. The molecule has 0 saturated heterocycles. The fourth-order valence-electron chi connectivity index (χ4n) is 2.27. The third-order valence-corrected chi connectivity index (χ3v) is 3.71. The highest BCUT2D eigenvalue weighted by atomic mass is 32.3. The first kappa shape index (κ1) is 29.5. The first-order valence-corrected chi connectivity index (χ1v) is 11.4. The number of rotatable bonds is 14. The molecule has 0 aromatic rings. The third-order valence-electron chi connectivity index (χ3n) is 3.71. The molecule has 0 atom stereocenters. The minimum Gasteiger partial charge on any atom is -0.759 e. The largest absolute Gasteiger partial charge is 0.759 e. The molecule has 0 aliphatic heterocycles. The maximum atomic E-state index is 8.52. The van der Waals surface area contributed by atoms with E-state index in [1.54, 1.807) is 0 Å². The Bertz CT molecular complexity index is 272. The molecule has 0 radical (unpaired) electrons. The average Bonchev–Trinajstić information content (AvgIpc) is 2.53. The van der Waals surface area contributed by atoms with Gasteiger partial charge < -0.3 is 20.6 Å². The molecule has 0 saturated carbocycles. The molecule has 7 heteroatoms. The Hall–Kier alpha value is -0.210. The summed E-state index contributed by atoms with van der Waals surface area (Å²) < 4.78 is 34.1. The maximum Gasteiger partial charge on any atom is 0.0739 e. The minimum absolute atomic E-state index is 1.12. The zero-order valence-electron chi connectivity index (χ0n) is 16.8. The maximum absolute atomic E-state index is 8.52. The quantitative estimate of drug-likeness (QED) is 0.270. The first-order valence-electron chi connectivity index (χ1n) is 10.1. The molecular formula is C18H44N2O4S. The normalized spacial score (nSPS) is 10.5. The molecule has 0 aliphatic carbocycles. The monoisotopic (exact) mass is 384 g/mol. The molecule has 25 heavy (non-hydrogen) atoms. The summed E-state index contributed by atoms with van der Waals surface area (Å²) in [5.74, 6) is 0. The zero-order chi connectivity index (χ0) is 19.8. The van der Waals surface area contributed by atoms with Crippen molar-refractivity contribution in [2.75, 3.05) is 13.1 Å². The number of hydrogen-bond acceptors (Lipinski definition) is 4. The van der Waals surface area contributed by atoms with Gasteiger partial charge in [0.2, 0.25) is 0 Å². The number of unbranched alkanes of at least 4 members (excludes halogenated alkanes) is 12. The smallest absolute Gasteiger partial charge is 0.0739 e. The average molecular weight is 385 g/mol. The van der Waals surface area contributed by atoms with Crippen molar-refractivity contribution in [2.24, 2.45) is 0 Å². The fourth-order valence-corrected chi connectivity index (χ4v) is 2.27. The molecule has 156 valence electrons. The Morgan fingerprint density at radius 3 is 0.960 bits per heavy atom. The minimum atomic E-state index is -5.17. The van der Waals surface area contributed by atoms with Crippen LogP contribution in [0.4, 0.5) is 0 Å². The van der Waals surface area contributed by atoms with E-state index in [0.29, 0.717) is 0 Å². The van der Waals surface area contributed by atoms with Crippen molar-refractivity contribution in [3.05, 3.63) is 0 Å². The van der Waals surface area contributed by atoms with Gasteiger partial charge in [0.05, 0.1) is 13.1 Å². The Kier molecular flexibility index (Phi) is 30.8. The van der Waals surface area contributed by atoms with E-state index in [1.165, 1.54) is 89.9 Å². The molecule has 6 nitrogen and oxygen atoms in total. The van der Waals surface area contributed by atoms with Gasteiger partial charge in [0.1, 0.15) is 0 Å². The lowest BCUT2D eigenvalue weighted by atomic mass is 10.1. The summed E-state index contributed by atoms with van der Waals surface area (Å²) in [5.41, 5.74) is 7.64. The molecule has 0 bridgehead atoms. The Balaban J connectivity index is -0.000000308. The molecule has 0 aliphatic rings. The molecule has 6 N–H and O–H groups in total. The van der Waals surface area contributed by atoms with E-state index in [9.17, 15) is 0 Å². The van der Waals surface area contributed by atoms with Gasteiger partial charge >= 0.3 is 0 Å². The second kappa shape index (κ2) is 26.0. The van der Waals surface area contributed by atoms with Crippen LogP contribution in [0.15, 0.2) is 0 Å². The van der Waals surface area contributed by atoms with Gasteiger partial charge in [0.15, 0.2) is 0 Å². The Labute approximate surface area is 156 Å². The van der Waals surface area contributed by atoms with Crippen molar-refractivity contribution in [1.29, 1.82) is 0 Å². The van der Waals surface area contributed by atoms with E-state index in [4.69, 9.17) is 17.5 Å². The highest BCUT2D eigenvalue weighted by Crippen LogP contribution is 2.06. The van der Waals surface area contributed by atoms with Gasteiger partial charge in [-0.2, -0.15) is 0 Å². The number of hydrogen-bond donors (Lipinski definition) is 2. The first-order chi connectivity index (χ1) is 11.8. The van der Waals surface area contributed by atoms with Gasteiger partial charge in [-0.3, -0.25) is 8.42 Å². The van der Waals surface area contributed by atoms with Crippen molar-refractivity contribution in [3.8, 4) is 0 Å². The van der Waals surface area contributed by atoms with E-state index in [2.05, 4.69) is 25.3 Å². The molecule has 0 aromatic carbocycles. The van der Waals surface area contributed by atoms with Crippen LogP contribution in [0.5, 0.6) is 0 Å². The fraction of sp³-hybridized carbons (Fsp3) is 1.00. The van der Waals surface area contributed by atoms with Crippen molar-refractivity contribution < 1.29 is 29.0 Å². The molecule has 0 heterocycles. The molecule has 0 aromatic heterocycles. The summed E-state index contributed by atoms with van der Waals surface area (Å²) in [4.78, 5) is 0. The molecule has 0 spiro atoms. The lowest BCUT2D eigenvalue weighted by Gasteiger charge is -2.06. The zero-order valence-corrected chi connectivity index (χ0v) is 17.6. The topological polar surface area (TPSA) is 136 Å². The van der Waals surface area contributed by atoms with Crippen molar-refractivity contribution in [2.45, 2.75) is 104 Å². The molecule has 0 rings (SSSR count). The van der Waals surface area contributed by atoms with Crippen LogP contribution in [-0.2, 0) is 10.4 Å². The van der Waals surface area contributed by atoms with Crippen LogP contribution in [0.25, 0.3) is 0 Å². The lowest BCUT2D eigenvalue weighted by Crippen LogP contribution is -2.50. The summed E-state index contributed by atoms with van der Waals surface area (Å²) >= 11 is 0. The van der Waals surface area contributed by atoms with Crippen molar-refractivity contribution >= 4 is 10.4 Å². The Morgan fingerprint density at radius 2 is 0.760 bits per heavy atom. The summed E-state index contributed by atoms with van der Waals surface area (Å²) in [6.45, 7) is 6.76. The van der Waals surface area contributed by atoms with Crippen LogP contribution in [0.1, 0.15) is 104 Å². The van der Waals surface area contributed by atoms with Gasteiger partial charge in [-0.05, 0) is 25.7 Å². The second-order valence-electron chi connectivity index (χ2n) is 6.36. The molecule has 0 amide bonds. The van der Waals surface area contributed by atoms with Crippen LogP contribution in [0, 0.1) is 0 Å². The van der Waals surface area contributed by atoms with Crippen LogP contribution < -0.4 is 11.5 Å². The summed E-state index contributed by atoms with van der Waals surface area (Å²) in [6.07, 6.45) is 19.6. The van der Waals surface area contributed by atoms with E-state index in [0.717, 1.165) is 13.1 Å². The lowest BCUT2D eigenvalue weighted by molar-refractivity contribution is -0.368. The summed E-state index contributed by atoms with van der Waals surface area (Å²) in [5, 5.41) is 0. The Morgan fingerprint density at radius 1 is 0.560 bits per heavy atom. The predicted octanol–water partition coefficient (Wildman–Crippen LogP) is 2.62. The van der Waals surface area contributed by atoms with Crippen molar-refractivity contribution in [3.63, 3.8) is 0 Å². The van der Waals surface area contributed by atoms with E-state index < -0.39 is 10.4 Å². The van der Waals surface area contributed by atoms with Crippen LogP contribution in [0.2, 0.25) is 0 Å². The standard InChI is InChI=1S/2C9H21N.H2O4S/c2*1-2-3-4-5-6-7-8-9-10;1-5(2,3)4/h2*2-10H2,1H3;(H2,1,2,3,4). The summed E-state index contributed by atoms with van der Waals surface area (Å²) in [7, 11) is -5.17.